The van der Waals surface area contributed by atoms with Gasteiger partial charge in [0.05, 0.1) is 6.54 Å². The van der Waals surface area contributed by atoms with Crippen molar-refractivity contribution in [2.45, 2.75) is 25.3 Å². The Kier molecular flexibility index (Phi) is 7.39. The van der Waals surface area contributed by atoms with E-state index in [0.717, 1.165) is 6.42 Å². The molecule has 0 spiro atoms. The summed E-state index contributed by atoms with van der Waals surface area (Å²) in [6.07, 6.45) is 0.869. The second kappa shape index (κ2) is 10.4. The number of hydrogen-bond acceptors (Lipinski definition) is 2. The largest absolute Gasteiger partial charge is 0.355 e. The summed E-state index contributed by atoms with van der Waals surface area (Å²) >= 11 is 0. The summed E-state index contributed by atoms with van der Waals surface area (Å²) in [5.41, 5.74) is 3.74. The number of amides is 1. The van der Waals surface area contributed by atoms with Crippen molar-refractivity contribution >= 4 is 5.91 Å². The van der Waals surface area contributed by atoms with E-state index in [4.69, 9.17) is 0 Å². The Morgan fingerprint density at radius 3 is 1.71 bits per heavy atom. The lowest BCUT2D eigenvalue weighted by molar-refractivity contribution is -0.120. The summed E-state index contributed by atoms with van der Waals surface area (Å²) in [6.45, 7) is 3.04. The molecule has 0 aliphatic heterocycles. The zero-order valence-electron chi connectivity index (χ0n) is 16.3. The van der Waals surface area contributed by atoms with Crippen LogP contribution in [0, 0.1) is 0 Å². The zero-order chi connectivity index (χ0) is 19.6. The molecule has 28 heavy (non-hydrogen) atoms. The highest BCUT2D eigenvalue weighted by Gasteiger charge is 2.14. The molecule has 2 N–H and O–H groups in total. The van der Waals surface area contributed by atoms with Crippen LogP contribution in [0.1, 0.15) is 42.0 Å². The van der Waals surface area contributed by atoms with E-state index in [1.54, 1.807) is 0 Å². The number of hydrogen-bond donors (Lipinski definition) is 2. The van der Waals surface area contributed by atoms with Gasteiger partial charge in [0.2, 0.25) is 5.91 Å². The van der Waals surface area contributed by atoms with Gasteiger partial charge in [-0.05, 0) is 30.0 Å². The summed E-state index contributed by atoms with van der Waals surface area (Å²) in [5, 5.41) is 6.35. The fourth-order valence-electron chi connectivity index (χ4n) is 3.42. The summed E-state index contributed by atoms with van der Waals surface area (Å²) in [7, 11) is 0. The van der Waals surface area contributed by atoms with Crippen LogP contribution in [0.5, 0.6) is 0 Å². The van der Waals surface area contributed by atoms with Crippen LogP contribution in [0.4, 0.5) is 0 Å². The van der Waals surface area contributed by atoms with Crippen LogP contribution in [-0.4, -0.2) is 19.0 Å². The summed E-state index contributed by atoms with van der Waals surface area (Å²) < 4.78 is 0. The van der Waals surface area contributed by atoms with Crippen molar-refractivity contribution in [2.75, 3.05) is 13.1 Å². The second-order valence-corrected chi connectivity index (χ2v) is 7.03. The molecule has 0 unspecified atom stereocenters. The van der Waals surface area contributed by atoms with E-state index >= 15 is 0 Å². The highest BCUT2D eigenvalue weighted by atomic mass is 16.1. The minimum Gasteiger partial charge on any atom is -0.355 e. The Balaban J connectivity index is 1.51. The first kappa shape index (κ1) is 19.8. The fraction of sp³-hybridized carbons (Fsp3) is 0.240. The lowest BCUT2D eigenvalue weighted by atomic mass is 9.88. The minimum absolute atomic E-state index is 0.0302. The topological polar surface area (TPSA) is 41.1 Å². The van der Waals surface area contributed by atoms with Gasteiger partial charge in [0.25, 0.3) is 0 Å². The first-order chi connectivity index (χ1) is 13.7. The Bertz CT molecular complexity index is 795. The molecule has 3 aromatic carbocycles. The molecule has 0 aliphatic carbocycles. The van der Waals surface area contributed by atoms with Gasteiger partial charge in [0.15, 0.2) is 0 Å². The average molecular weight is 373 g/mol. The molecule has 3 rings (SSSR count). The third-order valence-electron chi connectivity index (χ3n) is 5.03. The predicted octanol–water partition coefficient (Wildman–Crippen LogP) is 4.68. The van der Waals surface area contributed by atoms with Crippen molar-refractivity contribution in [2.24, 2.45) is 0 Å². The maximum absolute atomic E-state index is 12.3. The van der Waals surface area contributed by atoms with E-state index in [2.05, 4.69) is 78.2 Å². The van der Waals surface area contributed by atoms with Gasteiger partial charge in [0, 0.05) is 18.5 Å². The zero-order valence-corrected chi connectivity index (χ0v) is 16.3. The fourth-order valence-corrected chi connectivity index (χ4v) is 3.42. The molecule has 1 atom stereocenters. The van der Waals surface area contributed by atoms with Gasteiger partial charge in [-0.3, -0.25) is 4.79 Å². The Morgan fingerprint density at radius 2 is 1.21 bits per heavy atom. The van der Waals surface area contributed by atoms with Crippen molar-refractivity contribution in [1.82, 2.24) is 10.6 Å². The molecule has 0 fully saturated rings. The van der Waals surface area contributed by atoms with Crippen LogP contribution in [0.3, 0.4) is 0 Å². The van der Waals surface area contributed by atoms with Crippen molar-refractivity contribution in [3.63, 3.8) is 0 Å². The first-order valence-corrected chi connectivity index (χ1v) is 9.89. The van der Waals surface area contributed by atoms with E-state index in [9.17, 15) is 4.79 Å². The monoisotopic (exact) mass is 372 g/mol. The summed E-state index contributed by atoms with van der Waals surface area (Å²) in [6, 6.07) is 31.3. The normalized spacial score (nSPS) is 11.9. The third kappa shape index (κ3) is 5.80. The Hall–Kier alpha value is -2.91. The molecule has 0 aliphatic rings. The summed E-state index contributed by atoms with van der Waals surface area (Å²) in [4.78, 5) is 12.3. The number of benzene rings is 3. The third-order valence-corrected chi connectivity index (χ3v) is 5.03. The lowest BCUT2D eigenvalue weighted by Gasteiger charge is -2.19. The first-order valence-electron chi connectivity index (χ1n) is 9.89. The van der Waals surface area contributed by atoms with Crippen LogP contribution in [0.15, 0.2) is 91.0 Å². The molecule has 0 heterocycles. The standard InChI is InChI=1S/C25H28N2O/c1-20(21-11-5-2-6-12-21)27-19-25(28)26-18-17-24(22-13-7-3-8-14-22)23-15-9-4-10-16-23/h2-16,20,24,27H,17-19H2,1H3,(H,26,28)/t20-/m1/s1. The van der Waals surface area contributed by atoms with Gasteiger partial charge in [-0.1, -0.05) is 91.0 Å². The molecule has 0 radical (unpaired) electrons. The van der Waals surface area contributed by atoms with Gasteiger partial charge in [0.1, 0.15) is 0 Å². The van der Waals surface area contributed by atoms with Crippen LogP contribution in [0.2, 0.25) is 0 Å². The highest BCUT2D eigenvalue weighted by molar-refractivity contribution is 5.78. The lowest BCUT2D eigenvalue weighted by Crippen LogP contribution is -2.35. The van der Waals surface area contributed by atoms with E-state index in [-0.39, 0.29) is 17.9 Å². The number of carbonyl (C=O) groups is 1. The van der Waals surface area contributed by atoms with E-state index in [1.165, 1.54) is 16.7 Å². The van der Waals surface area contributed by atoms with Crippen molar-refractivity contribution in [3.8, 4) is 0 Å². The Labute approximate surface area is 167 Å². The number of nitrogens with one attached hydrogen (secondary N) is 2. The van der Waals surface area contributed by atoms with Crippen LogP contribution >= 0.6 is 0 Å². The van der Waals surface area contributed by atoms with Gasteiger partial charge in [-0.25, -0.2) is 0 Å². The molecule has 0 aromatic heterocycles. The molecule has 0 saturated heterocycles. The molecule has 3 aromatic rings. The molecule has 1 amide bonds. The number of carbonyl (C=O) groups excluding carboxylic acids is 1. The van der Waals surface area contributed by atoms with Gasteiger partial charge in [-0.2, -0.15) is 0 Å². The molecule has 3 heteroatoms. The van der Waals surface area contributed by atoms with Gasteiger partial charge in [-0.15, -0.1) is 0 Å². The van der Waals surface area contributed by atoms with Gasteiger partial charge < -0.3 is 10.6 Å². The van der Waals surface area contributed by atoms with Crippen molar-refractivity contribution in [3.05, 3.63) is 108 Å². The highest BCUT2D eigenvalue weighted by Crippen LogP contribution is 2.27. The summed E-state index contributed by atoms with van der Waals surface area (Å²) in [5.74, 6) is 0.307. The number of rotatable bonds is 9. The maximum Gasteiger partial charge on any atom is 0.233 e. The van der Waals surface area contributed by atoms with Gasteiger partial charge >= 0.3 is 0 Å². The van der Waals surface area contributed by atoms with E-state index in [0.29, 0.717) is 13.1 Å². The molecule has 144 valence electrons. The van der Waals surface area contributed by atoms with Crippen LogP contribution in [0.25, 0.3) is 0 Å². The Morgan fingerprint density at radius 1 is 0.750 bits per heavy atom. The smallest absolute Gasteiger partial charge is 0.233 e. The SMILES string of the molecule is C[C@@H](NCC(=O)NCCC(c1ccccc1)c1ccccc1)c1ccccc1. The molecule has 0 bridgehead atoms. The molecular weight excluding hydrogens is 344 g/mol. The van der Waals surface area contributed by atoms with E-state index in [1.807, 2.05) is 30.3 Å². The van der Waals surface area contributed by atoms with Crippen molar-refractivity contribution in [1.29, 1.82) is 0 Å². The average Bonchev–Trinajstić information content (AvgIpc) is 2.77. The predicted molar refractivity (Wildman–Crippen MR) is 115 cm³/mol. The van der Waals surface area contributed by atoms with Crippen LogP contribution in [-0.2, 0) is 4.79 Å². The van der Waals surface area contributed by atoms with Crippen LogP contribution < -0.4 is 10.6 Å². The minimum atomic E-state index is 0.0302. The van der Waals surface area contributed by atoms with E-state index < -0.39 is 0 Å². The molecule has 3 nitrogen and oxygen atoms in total. The quantitative estimate of drug-likeness (QED) is 0.573. The molecular formula is C25H28N2O. The second-order valence-electron chi connectivity index (χ2n) is 7.03. The van der Waals surface area contributed by atoms with Crippen molar-refractivity contribution < 1.29 is 4.79 Å². The maximum atomic E-state index is 12.3. The molecule has 0 saturated carbocycles.